The maximum Gasteiger partial charge on any atom is 0.226 e. The summed E-state index contributed by atoms with van der Waals surface area (Å²) in [6, 6.07) is 34.6. The second kappa shape index (κ2) is 18.2. The van der Waals surface area contributed by atoms with E-state index in [9.17, 15) is 0 Å². The number of rotatable bonds is 5. The van der Waals surface area contributed by atoms with Gasteiger partial charge in [-0.15, -0.1) is 48.5 Å². The van der Waals surface area contributed by atoms with Crippen molar-refractivity contribution in [1.82, 2.24) is 9.97 Å². The number of hydrogen-bond donors (Lipinski definition) is 0. The number of nitrogens with zero attached hydrogens (tertiary/aromatic N) is 4. The molecule has 0 aliphatic rings. The maximum absolute atomic E-state index is 8.39. The fraction of sp³-hybridized carbons (Fsp3) is 0.160. The number of furan rings is 1. The molecule has 8 rings (SSSR count). The van der Waals surface area contributed by atoms with E-state index in [4.69, 9.17) is 22.2 Å². The largest absolute Gasteiger partial charge is 0.450 e. The van der Waals surface area contributed by atoms with Crippen molar-refractivity contribution < 1.29 is 51.5 Å². The molecule has 1 radical (unpaired) electrons. The van der Waals surface area contributed by atoms with Gasteiger partial charge in [-0.25, -0.2) is 4.98 Å². The molecule has 0 spiro atoms. The van der Waals surface area contributed by atoms with Crippen LogP contribution in [0.3, 0.4) is 0 Å². The second-order valence-electron chi connectivity index (χ2n) is 13.1. The van der Waals surface area contributed by atoms with Crippen LogP contribution in [0.25, 0.3) is 44.6 Å². The van der Waals surface area contributed by atoms with Crippen molar-refractivity contribution in [1.29, 1.82) is 0 Å². The number of benzene rings is 3. The Balaban J connectivity index is 0.000000233. The van der Waals surface area contributed by atoms with E-state index in [2.05, 4.69) is 88.2 Å². The van der Waals surface area contributed by atoms with Crippen LogP contribution < -0.4 is 9.13 Å². The summed E-state index contributed by atoms with van der Waals surface area (Å²) < 4.78 is 111. The third-order valence-electron chi connectivity index (χ3n) is 8.92. The van der Waals surface area contributed by atoms with Crippen molar-refractivity contribution in [2.45, 2.75) is 53.6 Å². The predicted molar refractivity (Wildman–Crippen MR) is 225 cm³/mol. The van der Waals surface area contributed by atoms with Crippen molar-refractivity contribution in [2.24, 2.45) is 0 Å². The van der Waals surface area contributed by atoms with Crippen molar-refractivity contribution in [3.05, 3.63) is 206 Å². The predicted octanol–water partition coefficient (Wildman–Crippen LogP) is 11.0. The minimum absolute atomic E-state index is 0. The molecule has 6 heteroatoms. The Morgan fingerprint density at radius 1 is 0.804 bits per heavy atom. The van der Waals surface area contributed by atoms with E-state index in [1.165, 1.54) is 28.5 Å². The van der Waals surface area contributed by atoms with Crippen molar-refractivity contribution >= 4 is 22.1 Å². The maximum atomic E-state index is 8.39. The number of hydrogen-bond acceptors (Lipinski definition) is 3. The van der Waals surface area contributed by atoms with Crippen LogP contribution in [0.2, 0.25) is 0 Å². The van der Waals surface area contributed by atoms with Crippen LogP contribution in [-0.2, 0) is 26.5 Å². The van der Waals surface area contributed by atoms with E-state index in [0.717, 1.165) is 41.6 Å². The van der Waals surface area contributed by atoms with Gasteiger partial charge in [0.1, 0.15) is 5.69 Å². The summed E-state index contributed by atoms with van der Waals surface area (Å²) in [5, 5.41) is 0.829. The molecule has 0 bridgehead atoms. The molecular weight excluding hydrogens is 865 g/mol. The normalized spacial score (nSPS) is 15.2. The molecule has 0 aliphatic heterocycles. The molecule has 0 unspecified atom stereocenters. The average Bonchev–Trinajstić information content (AvgIpc) is 3.62. The minimum Gasteiger partial charge on any atom is -0.450 e. The average molecular weight is 927 g/mol. The molecule has 0 saturated carbocycles. The molecule has 5 nitrogen and oxygen atoms in total. The van der Waals surface area contributed by atoms with E-state index in [1.807, 2.05) is 64.0 Å². The van der Waals surface area contributed by atoms with Crippen LogP contribution in [0.15, 0.2) is 126 Å². The van der Waals surface area contributed by atoms with Gasteiger partial charge in [-0.1, -0.05) is 49.1 Å². The van der Waals surface area contributed by atoms with E-state index >= 15 is 0 Å². The Morgan fingerprint density at radius 2 is 1.54 bits per heavy atom. The van der Waals surface area contributed by atoms with Crippen LogP contribution in [0, 0.1) is 61.6 Å². The SMILES string of the molecule is [2H]C([2H])([2H])c1cnc(-c2c([CH2-])ccc3c2oc2nc(C([2H])(C([2H])([2H])[2H])C([2H])([2H])[2H])ccc23)cc1C([2H])([2H])[2H].[CH2-][n+]1cc(C)ccc1-c1[c-]cccc1.[CH2-]c1ccccc1Cc1ccc(C)c[n+]1[CH2-].[Ir]. The molecule has 5 aromatic heterocycles. The Bertz CT molecular complexity index is 3070. The van der Waals surface area contributed by atoms with Gasteiger partial charge >= 0.3 is 0 Å². The number of fused-ring (bicyclic) bond motifs is 3. The first-order valence-electron chi connectivity index (χ1n) is 23.8. The van der Waals surface area contributed by atoms with Gasteiger partial charge in [0, 0.05) is 80.4 Å². The van der Waals surface area contributed by atoms with Gasteiger partial charge in [-0.3, -0.25) is 4.98 Å². The topological polar surface area (TPSA) is 46.7 Å². The molecule has 0 amide bonds. The quantitative estimate of drug-likeness (QED) is 0.128. The fourth-order valence-electron chi connectivity index (χ4n) is 6.02. The van der Waals surface area contributed by atoms with Gasteiger partial charge in [0.05, 0.1) is 23.7 Å². The molecule has 0 saturated heterocycles. The van der Waals surface area contributed by atoms with Gasteiger partial charge in [0.2, 0.25) is 5.71 Å². The first-order valence-corrected chi connectivity index (χ1v) is 17.3. The van der Waals surface area contributed by atoms with Crippen LogP contribution >= 0.6 is 0 Å². The monoisotopic (exact) mass is 927 g/mol. The standard InChI is InChI=1S/C22H21N2O.C15H16N.C13H12N.Ir/c1-12(2)18-9-8-17-16-7-6-13(3)20(21(16)25-22(17)24-18)19-10-14(4)15(5)11-23-19;1-12-8-9-15(16(3)11-12)10-14-7-5-4-6-13(14)2;1-11-8-9-13(14(2)10-11)12-6-4-3-5-7-12;/h6-12H,3H2,1-2,4-5H3;4-9,11H,2-3,10H2,1H3;3-6,8-10H,2H2,1H3;/q3*-1;/i1D3,2D3,4D3,5D3,12D;;;. The number of aromatic nitrogens is 4. The van der Waals surface area contributed by atoms with Crippen molar-refractivity contribution in [2.75, 3.05) is 0 Å². The zero-order valence-corrected chi connectivity index (χ0v) is 33.5. The summed E-state index contributed by atoms with van der Waals surface area (Å²) >= 11 is 0. The first kappa shape index (κ1) is 26.9. The van der Waals surface area contributed by atoms with E-state index in [1.54, 1.807) is 12.1 Å². The summed E-state index contributed by atoms with van der Waals surface area (Å²) in [6.07, 6.45) is 5.91. The summed E-state index contributed by atoms with van der Waals surface area (Å²) in [4.78, 5) is 8.29. The first-order chi connectivity index (χ1) is 31.6. The van der Waals surface area contributed by atoms with Crippen LogP contribution in [-0.4, -0.2) is 9.97 Å². The second-order valence-corrected chi connectivity index (χ2v) is 13.1. The molecular formula is C50H49IrN4O-3. The van der Waals surface area contributed by atoms with Gasteiger partial charge in [-0.05, 0) is 86.4 Å². The summed E-state index contributed by atoms with van der Waals surface area (Å²) in [7, 11) is 7.96. The Morgan fingerprint density at radius 3 is 2.23 bits per heavy atom. The van der Waals surface area contributed by atoms with Gasteiger partial charge in [0.25, 0.3) is 0 Å². The van der Waals surface area contributed by atoms with E-state index < -0.39 is 50.1 Å². The minimum atomic E-state index is -3.24. The van der Waals surface area contributed by atoms with Crippen LogP contribution in [0.1, 0.15) is 87.7 Å². The zero-order valence-electron chi connectivity index (χ0n) is 44.1. The molecule has 0 aliphatic carbocycles. The van der Waals surface area contributed by atoms with Gasteiger partial charge < -0.3 is 13.6 Å². The van der Waals surface area contributed by atoms with Crippen molar-refractivity contribution in [3.63, 3.8) is 0 Å². The Labute approximate surface area is 364 Å². The zero-order chi connectivity index (χ0) is 50.1. The van der Waals surface area contributed by atoms with Crippen LogP contribution in [0.4, 0.5) is 0 Å². The Hall–Kier alpha value is -5.81. The van der Waals surface area contributed by atoms with Gasteiger partial charge in [-0.2, -0.15) is 42.7 Å². The van der Waals surface area contributed by atoms with E-state index in [-0.39, 0.29) is 42.7 Å². The third kappa shape index (κ3) is 9.52. The number of aryl methyl sites for hydroxylation is 4. The fourth-order valence-corrected chi connectivity index (χ4v) is 6.02. The molecule has 56 heavy (non-hydrogen) atoms. The van der Waals surface area contributed by atoms with Crippen molar-refractivity contribution in [3.8, 4) is 22.5 Å². The third-order valence-corrected chi connectivity index (χ3v) is 8.92. The molecule has 5 heterocycles. The molecule has 0 fully saturated rings. The molecule has 0 atom stereocenters. The van der Waals surface area contributed by atoms with E-state index in [0.29, 0.717) is 16.3 Å². The summed E-state index contributed by atoms with van der Waals surface area (Å²) in [5.74, 6) is -3.03. The number of pyridine rings is 4. The van der Waals surface area contributed by atoms with Crippen LogP contribution in [0.5, 0.6) is 0 Å². The molecule has 3 aromatic carbocycles. The molecule has 287 valence electrons. The smallest absolute Gasteiger partial charge is 0.226 e. The molecule has 8 aromatic rings. The van der Waals surface area contributed by atoms with Gasteiger partial charge in [0.15, 0.2) is 0 Å². The summed E-state index contributed by atoms with van der Waals surface area (Å²) in [6.45, 7) is 0.152. The Kier molecular flexibility index (Phi) is 8.75. The summed E-state index contributed by atoms with van der Waals surface area (Å²) in [5.41, 5.74) is 7.42. The molecule has 0 N–H and O–H groups in total.